The molecule has 0 aliphatic heterocycles. The number of aromatic carboxylic acids is 1. The van der Waals surface area contributed by atoms with Crippen molar-refractivity contribution in [3.8, 4) is 0 Å². The van der Waals surface area contributed by atoms with Gasteiger partial charge in [0, 0.05) is 11.3 Å². The van der Waals surface area contributed by atoms with E-state index in [1.165, 1.54) is 24.3 Å². The Balaban J connectivity index is 1.73. The Morgan fingerprint density at radius 2 is 1.55 bits per heavy atom. The molecule has 0 aliphatic carbocycles. The summed E-state index contributed by atoms with van der Waals surface area (Å²) in [6.45, 7) is 0. The van der Waals surface area contributed by atoms with Crippen molar-refractivity contribution in [1.29, 1.82) is 0 Å². The first-order valence-electron chi connectivity index (χ1n) is 8.91. The Morgan fingerprint density at radius 3 is 2.19 bits per heavy atom. The van der Waals surface area contributed by atoms with Crippen molar-refractivity contribution in [2.24, 2.45) is 0 Å². The van der Waals surface area contributed by atoms with Crippen LogP contribution in [-0.2, 0) is 0 Å². The summed E-state index contributed by atoms with van der Waals surface area (Å²) in [5, 5.41) is 19.0. The Morgan fingerprint density at radius 1 is 0.903 bits per heavy atom. The molecule has 0 aromatic heterocycles. The third kappa shape index (κ3) is 5.98. The van der Waals surface area contributed by atoms with E-state index in [1.807, 2.05) is 30.3 Å². The van der Waals surface area contributed by atoms with Crippen molar-refractivity contribution >= 4 is 80.5 Å². The van der Waals surface area contributed by atoms with Crippen molar-refractivity contribution in [2.45, 2.75) is 9.96 Å². The van der Waals surface area contributed by atoms with Gasteiger partial charge in [-0.05, 0) is 53.3 Å². The van der Waals surface area contributed by atoms with Gasteiger partial charge in [0.1, 0.15) is 6.17 Å². The van der Waals surface area contributed by atoms with Crippen LogP contribution in [0.2, 0.25) is 0 Å². The molecule has 0 fully saturated rings. The van der Waals surface area contributed by atoms with Crippen LogP contribution >= 0.6 is 47.0 Å². The summed E-state index contributed by atoms with van der Waals surface area (Å²) in [6, 6.07) is 18.7. The number of hydrogen-bond acceptors (Lipinski definition) is 3. The van der Waals surface area contributed by atoms with Crippen LogP contribution in [0.5, 0.6) is 0 Å². The summed E-state index contributed by atoms with van der Waals surface area (Å²) in [5.74, 6) is -1.49. The summed E-state index contributed by atoms with van der Waals surface area (Å²) in [7, 11) is 0. The molecule has 0 aliphatic rings. The second-order valence-corrected chi connectivity index (χ2v) is 9.23. The van der Waals surface area contributed by atoms with Crippen molar-refractivity contribution in [3.05, 3.63) is 77.9 Å². The van der Waals surface area contributed by atoms with E-state index in [9.17, 15) is 9.59 Å². The molecule has 0 bridgehead atoms. The number of carbonyl (C=O) groups is 2. The molecule has 0 spiro atoms. The maximum Gasteiger partial charge on any atom is 0.335 e. The standard InChI is InChI=1S/C21H16Cl3N3O3S/c22-21(23,24)19(27-20(31)25-14-10-8-13(9-11-14)18(29)30)26-17(28)16-7-3-5-12-4-1-2-6-15(12)16/h1-11,19H,(H,26,28)(H,29,30)(H2,25,27,31). The number of hydrogen-bond donors (Lipinski definition) is 4. The van der Waals surface area contributed by atoms with E-state index >= 15 is 0 Å². The van der Waals surface area contributed by atoms with Crippen LogP contribution in [0.25, 0.3) is 10.8 Å². The number of thiocarbonyl (C=S) groups is 1. The summed E-state index contributed by atoms with van der Waals surface area (Å²) < 4.78 is -1.92. The van der Waals surface area contributed by atoms with E-state index in [0.717, 1.165) is 10.8 Å². The monoisotopic (exact) mass is 495 g/mol. The van der Waals surface area contributed by atoms with Gasteiger partial charge in [-0.15, -0.1) is 0 Å². The molecule has 3 aromatic carbocycles. The predicted octanol–water partition coefficient (Wildman–Crippen LogP) is 4.95. The molecule has 1 amide bonds. The Labute approximate surface area is 198 Å². The summed E-state index contributed by atoms with van der Waals surface area (Å²) in [6.07, 6.45) is -1.15. The lowest BCUT2D eigenvalue weighted by Crippen LogP contribution is -2.56. The number of anilines is 1. The number of benzene rings is 3. The van der Waals surface area contributed by atoms with Crippen LogP contribution in [0.4, 0.5) is 5.69 Å². The van der Waals surface area contributed by atoms with Gasteiger partial charge in [-0.25, -0.2) is 4.79 Å². The summed E-state index contributed by atoms with van der Waals surface area (Å²) in [4.78, 5) is 23.9. The fraction of sp³-hybridized carbons (Fsp3) is 0.0952. The highest BCUT2D eigenvalue weighted by Crippen LogP contribution is 2.30. The molecule has 0 heterocycles. The number of carboxylic acid groups (broad SMARTS) is 1. The quantitative estimate of drug-likeness (QED) is 0.227. The molecule has 3 aromatic rings. The van der Waals surface area contributed by atoms with Gasteiger partial charge in [-0.2, -0.15) is 0 Å². The highest BCUT2D eigenvalue weighted by molar-refractivity contribution is 7.80. The first-order chi connectivity index (χ1) is 14.6. The largest absolute Gasteiger partial charge is 0.478 e. The van der Waals surface area contributed by atoms with Crippen molar-refractivity contribution in [3.63, 3.8) is 0 Å². The minimum atomic E-state index is -1.92. The average Bonchev–Trinajstić information content (AvgIpc) is 2.72. The molecule has 1 unspecified atom stereocenters. The lowest BCUT2D eigenvalue weighted by atomic mass is 10.0. The molecule has 0 radical (unpaired) electrons. The smallest absolute Gasteiger partial charge is 0.335 e. The van der Waals surface area contributed by atoms with Gasteiger partial charge in [0.25, 0.3) is 5.91 Å². The lowest BCUT2D eigenvalue weighted by molar-refractivity contribution is 0.0696. The maximum atomic E-state index is 12.9. The van der Waals surface area contributed by atoms with Gasteiger partial charge in [0.15, 0.2) is 5.11 Å². The molecule has 31 heavy (non-hydrogen) atoms. The van der Waals surface area contributed by atoms with Crippen molar-refractivity contribution in [1.82, 2.24) is 10.6 Å². The van der Waals surface area contributed by atoms with Gasteiger partial charge in [0.2, 0.25) is 3.79 Å². The SMILES string of the molecule is O=C(O)c1ccc(NC(=S)NC(NC(=O)c2cccc3ccccc23)C(Cl)(Cl)Cl)cc1. The average molecular weight is 497 g/mol. The van der Waals surface area contributed by atoms with Crippen LogP contribution in [0.15, 0.2) is 66.7 Å². The first-order valence-corrected chi connectivity index (χ1v) is 10.5. The predicted molar refractivity (Wildman–Crippen MR) is 128 cm³/mol. The molecule has 3 rings (SSSR count). The number of carbonyl (C=O) groups excluding carboxylic acids is 1. The topological polar surface area (TPSA) is 90.5 Å². The van der Waals surface area contributed by atoms with Crippen molar-refractivity contribution in [2.75, 3.05) is 5.32 Å². The second kappa shape index (κ2) is 9.70. The number of fused-ring (bicyclic) bond motifs is 1. The van der Waals surface area contributed by atoms with Gasteiger partial charge in [-0.3, -0.25) is 4.79 Å². The van der Waals surface area contributed by atoms with Crippen LogP contribution in [0.1, 0.15) is 20.7 Å². The minimum absolute atomic E-state index is 0.0672. The number of carboxylic acids is 1. The van der Waals surface area contributed by atoms with Gasteiger partial charge in [-0.1, -0.05) is 71.2 Å². The molecule has 160 valence electrons. The molecular weight excluding hydrogens is 481 g/mol. The fourth-order valence-corrected chi connectivity index (χ4v) is 3.39. The van der Waals surface area contributed by atoms with Gasteiger partial charge in [0.05, 0.1) is 5.56 Å². The zero-order chi connectivity index (χ0) is 22.6. The van der Waals surface area contributed by atoms with Crippen molar-refractivity contribution < 1.29 is 14.7 Å². The van der Waals surface area contributed by atoms with E-state index in [4.69, 9.17) is 52.1 Å². The number of rotatable bonds is 5. The van der Waals surface area contributed by atoms with Crippen LogP contribution < -0.4 is 16.0 Å². The van der Waals surface area contributed by atoms with Crippen LogP contribution in [-0.4, -0.2) is 32.1 Å². The fourth-order valence-electron chi connectivity index (χ4n) is 2.83. The molecule has 6 nitrogen and oxygen atoms in total. The number of nitrogens with one attached hydrogen (secondary N) is 3. The van der Waals surface area contributed by atoms with Gasteiger partial charge >= 0.3 is 5.97 Å². The normalized spacial score (nSPS) is 12.1. The maximum absolute atomic E-state index is 12.9. The second-order valence-electron chi connectivity index (χ2n) is 6.46. The number of amides is 1. The van der Waals surface area contributed by atoms with E-state index < -0.39 is 21.8 Å². The van der Waals surface area contributed by atoms with Crippen LogP contribution in [0.3, 0.4) is 0 Å². The summed E-state index contributed by atoms with van der Waals surface area (Å²) >= 11 is 23.4. The minimum Gasteiger partial charge on any atom is -0.478 e. The zero-order valence-corrected chi connectivity index (χ0v) is 18.8. The first kappa shape index (κ1) is 23.1. The number of alkyl halides is 3. The third-order valence-corrected chi connectivity index (χ3v) is 5.18. The Kier molecular flexibility index (Phi) is 7.23. The third-order valence-electron chi connectivity index (χ3n) is 4.30. The highest BCUT2D eigenvalue weighted by atomic mass is 35.6. The molecule has 10 heteroatoms. The van der Waals surface area contributed by atoms with E-state index in [-0.39, 0.29) is 10.7 Å². The molecular formula is C21H16Cl3N3O3S. The van der Waals surface area contributed by atoms with E-state index in [1.54, 1.807) is 12.1 Å². The van der Waals surface area contributed by atoms with E-state index in [0.29, 0.717) is 11.3 Å². The molecule has 1 atom stereocenters. The number of halogens is 3. The summed E-state index contributed by atoms with van der Waals surface area (Å²) in [5.41, 5.74) is 1.07. The molecule has 0 saturated carbocycles. The zero-order valence-electron chi connectivity index (χ0n) is 15.7. The van der Waals surface area contributed by atoms with Gasteiger partial charge < -0.3 is 21.1 Å². The van der Waals surface area contributed by atoms with E-state index in [2.05, 4.69) is 16.0 Å². The Bertz CT molecular complexity index is 1130. The highest BCUT2D eigenvalue weighted by Gasteiger charge is 2.35. The Hall–Kier alpha value is -2.58. The van der Waals surface area contributed by atoms with Crippen LogP contribution in [0, 0.1) is 0 Å². The molecule has 4 N–H and O–H groups in total. The lowest BCUT2D eigenvalue weighted by Gasteiger charge is -2.28. The molecule has 0 saturated heterocycles.